The quantitative estimate of drug-likeness (QED) is 0.137. The molecule has 0 aliphatic carbocycles. The molecule has 38 heavy (non-hydrogen) atoms. The second-order valence-electron chi connectivity index (χ2n) is 7.77. The second kappa shape index (κ2) is 11.4. The van der Waals surface area contributed by atoms with E-state index in [0.717, 1.165) is 12.1 Å². The highest BCUT2D eigenvalue weighted by Crippen LogP contribution is 2.25. The van der Waals surface area contributed by atoms with Gasteiger partial charge in [0.1, 0.15) is 23.3 Å². The van der Waals surface area contributed by atoms with Gasteiger partial charge in [0, 0.05) is 11.1 Å². The Balaban J connectivity index is 0.000000219. The number of nitrogen functional groups attached to an aromatic ring is 1. The predicted molar refractivity (Wildman–Crippen MR) is 129 cm³/mol. The van der Waals surface area contributed by atoms with Gasteiger partial charge in [-0.2, -0.15) is 0 Å². The van der Waals surface area contributed by atoms with Gasteiger partial charge >= 0.3 is 0 Å². The van der Waals surface area contributed by atoms with E-state index in [9.17, 15) is 22.4 Å². The first-order chi connectivity index (χ1) is 18.3. The van der Waals surface area contributed by atoms with Crippen molar-refractivity contribution < 1.29 is 26.8 Å². The van der Waals surface area contributed by atoms with E-state index < -0.39 is 35.6 Å². The topological polar surface area (TPSA) is 146 Å². The number of nitrogens with zero attached hydrogens (tertiary/aromatic N) is 4. The lowest BCUT2D eigenvalue weighted by molar-refractivity contribution is -0.120. The summed E-state index contributed by atoms with van der Waals surface area (Å²) >= 11 is 0. The van der Waals surface area contributed by atoms with Crippen LogP contribution in [0.2, 0.25) is 0 Å². The second-order valence-corrected chi connectivity index (χ2v) is 7.77. The van der Waals surface area contributed by atoms with E-state index in [0.29, 0.717) is 11.0 Å². The van der Waals surface area contributed by atoms with E-state index in [1.165, 1.54) is 24.3 Å². The molecule has 0 unspecified atom stereocenters. The van der Waals surface area contributed by atoms with Crippen molar-refractivity contribution in [3.63, 3.8) is 0 Å². The summed E-state index contributed by atoms with van der Waals surface area (Å²) in [6.07, 6.45) is -0.568. The number of hydrogen-bond donors (Lipinski definition) is 3. The number of rotatable bonds is 5. The number of amides is 1. The molecular formula is C25H19F4N7O2. The van der Waals surface area contributed by atoms with Crippen molar-refractivity contribution in [1.82, 2.24) is 25.6 Å². The number of halogens is 4. The fourth-order valence-electron chi connectivity index (χ4n) is 3.36. The molecule has 9 nitrogen and oxygen atoms in total. The van der Waals surface area contributed by atoms with Gasteiger partial charge in [-0.1, -0.05) is 24.3 Å². The van der Waals surface area contributed by atoms with Crippen molar-refractivity contribution in [2.75, 3.05) is 5.73 Å². The lowest BCUT2D eigenvalue weighted by Crippen LogP contribution is -2.31. The van der Waals surface area contributed by atoms with Crippen LogP contribution in [0.15, 0.2) is 65.1 Å². The molecule has 5 rings (SSSR count). The molecule has 3 aromatic carbocycles. The molecule has 5 aromatic rings. The van der Waals surface area contributed by atoms with Gasteiger partial charge in [0.05, 0.1) is 23.9 Å². The van der Waals surface area contributed by atoms with Crippen LogP contribution >= 0.6 is 0 Å². The van der Waals surface area contributed by atoms with Crippen LogP contribution in [0, 0.1) is 23.3 Å². The summed E-state index contributed by atoms with van der Waals surface area (Å²) in [6.45, 7) is 0. The Bertz CT molecular complexity index is 1570. The standard InChI is InChI=1S/C17H11F2N5O.C8H8F2N2O/c18-10-4-3-5-11(19)9(10)8-14-23-24-17(25-14)15-16(20)22-13-7-2-1-6-12(13)21-15;9-6-2-1-3-7(10)5(6)4-8(13)12-11/h1-7H,8H2,(H2,20,22);1-3H,4,11H2,(H,12,13). The monoisotopic (exact) mass is 525 g/mol. The zero-order chi connectivity index (χ0) is 27.2. The molecule has 5 N–H and O–H groups in total. The van der Waals surface area contributed by atoms with Gasteiger partial charge in [0.15, 0.2) is 11.5 Å². The summed E-state index contributed by atoms with van der Waals surface area (Å²) in [6, 6.07) is 14.2. The van der Waals surface area contributed by atoms with Crippen molar-refractivity contribution in [2.45, 2.75) is 12.8 Å². The molecule has 0 aliphatic rings. The van der Waals surface area contributed by atoms with E-state index in [1.54, 1.807) is 17.6 Å². The highest BCUT2D eigenvalue weighted by molar-refractivity contribution is 5.80. The zero-order valence-corrected chi connectivity index (χ0v) is 19.5. The van der Waals surface area contributed by atoms with Crippen molar-refractivity contribution in [2.24, 2.45) is 5.84 Å². The van der Waals surface area contributed by atoms with E-state index in [4.69, 9.17) is 16.0 Å². The number of nitrogens with two attached hydrogens (primary N) is 2. The smallest absolute Gasteiger partial charge is 0.270 e. The molecule has 0 aliphatic heterocycles. The Hall–Kier alpha value is -4.91. The minimum atomic E-state index is -0.747. The summed E-state index contributed by atoms with van der Waals surface area (Å²) in [5.74, 6) is 1.52. The summed E-state index contributed by atoms with van der Waals surface area (Å²) in [7, 11) is 0. The third-order valence-electron chi connectivity index (χ3n) is 5.22. The van der Waals surface area contributed by atoms with Crippen molar-refractivity contribution in [1.29, 1.82) is 0 Å². The van der Waals surface area contributed by atoms with Crippen LogP contribution in [0.3, 0.4) is 0 Å². The molecule has 2 aromatic heterocycles. The average molecular weight is 525 g/mol. The van der Waals surface area contributed by atoms with E-state index in [-0.39, 0.29) is 40.8 Å². The third kappa shape index (κ3) is 5.90. The largest absolute Gasteiger partial charge is 0.419 e. The van der Waals surface area contributed by atoms with Crippen molar-refractivity contribution >= 4 is 22.8 Å². The van der Waals surface area contributed by atoms with Gasteiger partial charge in [-0.25, -0.2) is 33.4 Å². The molecule has 0 fully saturated rings. The molecule has 1 amide bonds. The number of benzene rings is 3. The maximum absolute atomic E-state index is 13.7. The molecule has 13 heteroatoms. The number of hydrazine groups is 1. The number of fused-ring (bicyclic) bond motifs is 1. The minimum absolute atomic E-state index is 0.0440. The summed E-state index contributed by atoms with van der Waals surface area (Å²) in [4.78, 5) is 19.3. The number of carbonyl (C=O) groups is 1. The van der Waals surface area contributed by atoms with Gasteiger partial charge in [0.2, 0.25) is 11.8 Å². The first-order valence-corrected chi connectivity index (χ1v) is 11.0. The SMILES string of the molecule is NNC(=O)Cc1c(F)cccc1F.Nc1nc2ccccc2nc1-c1nnc(Cc2c(F)cccc2F)o1. The highest BCUT2D eigenvalue weighted by Gasteiger charge is 2.18. The van der Waals surface area contributed by atoms with Crippen LogP contribution in [-0.2, 0) is 17.6 Å². The number of anilines is 1. The fourth-order valence-corrected chi connectivity index (χ4v) is 3.36. The Morgan fingerprint density at radius 3 is 1.92 bits per heavy atom. The molecule has 0 spiro atoms. The average Bonchev–Trinajstić information content (AvgIpc) is 3.37. The zero-order valence-electron chi connectivity index (χ0n) is 19.5. The normalized spacial score (nSPS) is 10.7. The van der Waals surface area contributed by atoms with E-state index in [1.807, 2.05) is 12.1 Å². The molecule has 0 atom stereocenters. The van der Waals surface area contributed by atoms with E-state index in [2.05, 4.69) is 20.2 Å². The number of carbonyl (C=O) groups excluding carboxylic acids is 1. The van der Waals surface area contributed by atoms with Crippen LogP contribution in [-0.4, -0.2) is 26.1 Å². The van der Waals surface area contributed by atoms with Gasteiger partial charge in [-0.15, -0.1) is 10.2 Å². The van der Waals surface area contributed by atoms with Crippen LogP contribution in [0.1, 0.15) is 17.0 Å². The molecule has 0 saturated carbocycles. The number of hydrogen-bond acceptors (Lipinski definition) is 8. The van der Waals surface area contributed by atoms with Crippen molar-refractivity contribution in [3.8, 4) is 11.6 Å². The van der Waals surface area contributed by atoms with Crippen molar-refractivity contribution in [3.05, 3.63) is 101 Å². The molecule has 0 bridgehead atoms. The summed E-state index contributed by atoms with van der Waals surface area (Å²) in [5.41, 5.74) is 8.77. The molecule has 2 heterocycles. The Morgan fingerprint density at radius 2 is 1.34 bits per heavy atom. The third-order valence-corrected chi connectivity index (χ3v) is 5.22. The van der Waals surface area contributed by atoms with E-state index >= 15 is 0 Å². The number of aromatic nitrogens is 4. The first kappa shape index (κ1) is 26.2. The maximum Gasteiger partial charge on any atom is 0.270 e. The number of para-hydroxylation sites is 2. The van der Waals surface area contributed by atoms with Gasteiger partial charge in [-0.3, -0.25) is 10.2 Å². The maximum atomic E-state index is 13.7. The Morgan fingerprint density at radius 1 is 0.789 bits per heavy atom. The molecular weight excluding hydrogens is 506 g/mol. The highest BCUT2D eigenvalue weighted by atomic mass is 19.1. The van der Waals surface area contributed by atoms with Crippen LogP contribution in [0.25, 0.3) is 22.6 Å². The first-order valence-electron chi connectivity index (χ1n) is 11.0. The van der Waals surface area contributed by atoms with Gasteiger partial charge in [-0.05, 0) is 36.4 Å². The van der Waals surface area contributed by atoms with Gasteiger partial charge in [0.25, 0.3) is 5.89 Å². The Kier molecular flexibility index (Phi) is 7.87. The Labute approximate surface area is 212 Å². The summed E-state index contributed by atoms with van der Waals surface area (Å²) < 4.78 is 58.7. The minimum Gasteiger partial charge on any atom is -0.419 e. The van der Waals surface area contributed by atoms with Gasteiger partial charge < -0.3 is 10.2 Å². The summed E-state index contributed by atoms with van der Waals surface area (Å²) in [5, 5.41) is 7.68. The van der Waals surface area contributed by atoms with Crippen LogP contribution in [0.5, 0.6) is 0 Å². The molecule has 0 radical (unpaired) electrons. The fraction of sp³-hybridized carbons (Fsp3) is 0.0800. The van der Waals surface area contributed by atoms with Crippen LogP contribution in [0.4, 0.5) is 23.4 Å². The lowest BCUT2D eigenvalue weighted by Gasteiger charge is -2.03. The number of nitrogens with one attached hydrogen (secondary N) is 1. The molecule has 194 valence electrons. The predicted octanol–water partition coefficient (Wildman–Crippen LogP) is 3.63. The lowest BCUT2D eigenvalue weighted by atomic mass is 10.1. The molecule has 0 saturated heterocycles. The van der Waals surface area contributed by atoms with Crippen LogP contribution < -0.4 is 17.0 Å².